The first-order chi connectivity index (χ1) is 6.63. The van der Waals surface area contributed by atoms with Crippen LogP contribution < -0.4 is 11.1 Å². The summed E-state index contributed by atoms with van der Waals surface area (Å²) >= 11 is 0. The van der Waals surface area contributed by atoms with Crippen LogP contribution in [0, 0.1) is 18.3 Å². The average molecular weight is 196 g/mol. The fourth-order valence-corrected chi connectivity index (χ4v) is 1.02. The van der Waals surface area contributed by atoms with E-state index in [0.29, 0.717) is 18.9 Å². The Labute approximate surface area is 86.4 Å². The maximum absolute atomic E-state index is 11.3. The number of hydrogen-bond acceptors (Lipinski definition) is 2. The molecule has 0 heterocycles. The Balaban J connectivity index is 3.71. The van der Waals surface area contributed by atoms with E-state index >= 15 is 0 Å². The lowest BCUT2D eigenvalue weighted by molar-refractivity contribution is -0.121. The predicted octanol–water partition coefficient (Wildman–Crippen LogP) is 0.889. The second-order valence-corrected chi connectivity index (χ2v) is 3.57. The van der Waals surface area contributed by atoms with Gasteiger partial charge in [-0.15, -0.1) is 6.42 Å². The Morgan fingerprint density at radius 2 is 2.29 bits per heavy atom. The fourth-order valence-electron chi connectivity index (χ4n) is 1.02. The molecule has 14 heavy (non-hydrogen) atoms. The molecule has 2 atom stereocenters. The van der Waals surface area contributed by atoms with E-state index in [0.717, 1.165) is 12.8 Å². The lowest BCUT2D eigenvalue weighted by Crippen LogP contribution is -2.33. The van der Waals surface area contributed by atoms with Crippen molar-refractivity contribution in [1.29, 1.82) is 0 Å². The number of nitrogens with two attached hydrogens (primary N) is 1. The van der Waals surface area contributed by atoms with Gasteiger partial charge in [0.25, 0.3) is 0 Å². The summed E-state index contributed by atoms with van der Waals surface area (Å²) in [5, 5.41) is 2.78. The van der Waals surface area contributed by atoms with Crippen LogP contribution in [-0.4, -0.2) is 18.5 Å². The van der Waals surface area contributed by atoms with Gasteiger partial charge in [0.2, 0.25) is 5.91 Å². The molecule has 0 aromatic carbocycles. The molecule has 1 amide bonds. The Morgan fingerprint density at radius 1 is 1.64 bits per heavy atom. The van der Waals surface area contributed by atoms with Crippen molar-refractivity contribution in [3.05, 3.63) is 0 Å². The van der Waals surface area contributed by atoms with Crippen LogP contribution in [0.5, 0.6) is 0 Å². The summed E-state index contributed by atoms with van der Waals surface area (Å²) in [6.45, 7) is 4.61. The molecular weight excluding hydrogens is 176 g/mol. The van der Waals surface area contributed by atoms with E-state index in [9.17, 15) is 4.79 Å². The number of terminal acetylenes is 1. The van der Waals surface area contributed by atoms with E-state index in [1.165, 1.54) is 0 Å². The van der Waals surface area contributed by atoms with Crippen LogP contribution in [0.3, 0.4) is 0 Å². The van der Waals surface area contributed by atoms with Gasteiger partial charge in [0.15, 0.2) is 0 Å². The maximum Gasteiger partial charge on any atom is 0.220 e. The minimum absolute atomic E-state index is 0.0232. The van der Waals surface area contributed by atoms with Crippen LogP contribution in [0.2, 0.25) is 0 Å². The Kier molecular flexibility index (Phi) is 6.87. The lowest BCUT2D eigenvalue weighted by atomic mass is 10.1. The van der Waals surface area contributed by atoms with E-state index < -0.39 is 0 Å². The molecule has 3 nitrogen and oxygen atoms in total. The topological polar surface area (TPSA) is 55.1 Å². The van der Waals surface area contributed by atoms with Gasteiger partial charge in [0.1, 0.15) is 0 Å². The van der Waals surface area contributed by atoms with Gasteiger partial charge in [-0.3, -0.25) is 4.79 Å². The van der Waals surface area contributed by atoms with E-state index in [-0.39, 0.29) is 11.9 Å². The molecule has 0 spiro atoms. The number of nitrogens with one attached hydrogen (secondary N) is 1. The molecule has 0 aliphatic rings. The highest BCUT2D eigenvalue weighted by Crippen LogP contribution is 2.03. The van der Waals surface area contributed by atoms with E-state index in [1.54, 1.807) is 0 Å². The minimum Gasteiger partial charge on any atom is -0.342 e. The van der Waals surface area contributed by atoms with Crippen molar-refractivity contribution >= 4 is 5.91 Å². The van der Waals surface area contributed by atoms with E-state index in [4.69, 9.17) is 12.2 Å². The Hall–Kier alpha value is -1.01. The summed E-state index contributed by atoms with van der Waals surface area (Å²) in [4.78, 5) is 11.3. The Bertz CT molecular complexity index is 208. The fraction of sp³-hybridized carbons (Fsp3) is 0.727. The first-order valence-corrected chi connectivity index (χ1v) is 5.09. The highest BCUT2D eigenvalue weighted by Gasteiger charge is 2.08. The largest absolute Gasteiger partial charge is 0.342 e. The third-order valence-electron chi connectivity index (χ3n) is 2.21. The lowest BCUT2D eigenvalue weighted by Gasteiger charge is -2.12. The molecular formula is C11H20N2O. The summed E-state index contributed by atoms with van der Waals surface area (Å²) in [5.41, 5.74) is 5.45. The standard InChI is InChI=1S/C11H20N2O/c1-4-10(5-2)13-11(14)7-6-9(3)8-12/h1,9-10H,5-8,12H2,2-3H3,(H,13,14). The van der Waals surface area contributed by atoms with Crippen LogP contribution in [-0.2, 0) is 4.79 Å². The van der Waals surface area contributed by atoms with Gasteiger partial charge in [-0.05, 0) is 25.3 Å². The highest BCUT2D eigenvalue weighted by molar-refractivity contribution is 5.76. The molecule has 0 fully saturated rings. The van der Waals surface area contributed by atoms with Crippen LogP contribution in [0.1, 0.15) is 33.1 Å². The zero-order valence-corrected chi connectivity index (χ0v) is 9.05. The summed E-state index contributed by atoms with van der Waals surface area (Å²) in [7, 11) is 0. The third-order valence-corrected chi connectivity index (χ3v) is 2.21. The molecule has 3 N–H and O–H groups in total. The molecule has 0 saturated carbocycles. The molecule has 3 heteroatoms. The minimum atomic E-state index is -0.129. The smallest absolute Gasteiger partial charge is 0.220 e. The van der Waals surface area contributed by atoms with Crippen LogP contribution in [0.4, 0.5) is 0 Å². The van der Waals surface area contributed by atoms with Crippen LogP contribution >= 0.6 is 0 Å². The van der Waals surface area contributed by atoms with Crippen molar-refractivity contribution in [3.8, 4) is 12.3 Å². The highest BCUT2D eigenvalue weighted by atomic mass is 16.1. The molecule has 2 unspecified atom stereocenters. The van der Waals surface area contributed by atoms with Gasteiger partial charge in [-0.25, -0.2) is 0 Å². The van der Waals surface area contributed by atoms with E-state index in [2.05, 4.69) is 11.2 Å². The summed E-state index contributed by atoms with van der Waals surface area (Å²) < 4.78 is 0. The number of rotatable bonds is 6. The van der Waals surface area contributed by atoms with Crippen molar-refractivity contribution in [2.24, 2.45) is 11.7 Å². The molecule has 0 rings (SSSR count). The van der Waals surface area contributed by atoms with Gasteiger partial charge in [-0.1, -0.05) is 19.8 Å². The van der Waals surface area contributed by atoms with Gasteiger partial charge >= 0.3 is 0 Å². The van der Waals surface area contributed by atoms with Crippen molar-refractivity contribution in [3.63, 3.8) is 0 Å². The molecule has 80 valence electrons. The van der Waals surface area contributed by atoms with Crippen molar-refractivity contribution in [2.75, 3.05) is 6.54 Å². The number of amides is 1. The van der Waals surface area contributed by atoms with Crippen molar-refractivity contribution in [2.45, 2.75) is 39.2 Å². The summed E-state index contributed by atoms with van der Waals surface area (Å²) in [5.74, 6) is 2.95. The van der Waals surface area contributed by atoms with Gasteiger partial charge in [0.05, 0.1) is 6.04 Å². The molecule has 0 aliphatic heterocycles. The molecule has 0 bridgehead atoms. The van der Waals surface area contributed by atoms with Crippen molar-refractivity contribution < 1.29 is 4.79 Å². The summed E-state index contributed by atoms with van der Waals surface area (Å²) in [6, 6.07) is -0.129. The van der Waals surface area contributed by atoms with E-state index in [1.807, 2.05) is 13.8 Å². The van der Waals surface area contributed by atoms with Gasteiger partial charge < -0.3 is 11.1 Å². The molecule has 0 radical (unpaired) electrons. The molecule has 0 aromatic rings. The van der Waals surface area contributed by atoms with Crippen molar-refractivity contribution in [1.82, 2.24) is 5.32 Å². The molecule has 0 aliphatic carbocycles. The predicted molar refractivity (Wildman–Crippen MR) is 58.5 cm³/mol. The maximum atomic E-state index is 11.3. The average Bonchev–Trinajstić information content (AvgIpc) is 2.22. The SMILES string of the molecule is C#CC(CC)NC(=O)CCC(C)CN. The van der Waals surface area contributed by atoms with Gasteiger partial charge in [0, 0.05) is 6.42 Å². The third kappa shape index (κ3) is 5.60. The summed E-state index contributed by atoms with van der Waals surface area (Å²) in [6.07, 6.45) is 7.33. The number of carbonyl (C=O) groups excluding carboxylic acids is 1. The zero-order valence-electron chi connectivity index (χ0n) is 9.05. The zero-order chi connectivity index (χ0) is 11.0. The quantitative estimate of drug-likeness (QED) is 0.620. The second-order valence-electron chi connectivity index (χ2n) is 3.57. The van der Waals surface area contributed by atoms with Crippen LogP contribution in [0.25, 0.3) is 0 Å². The second kappa shape index (κ2) is 7.40. The normalized spacial score (nSPS) is 14.1. The van der Waals surface area contributed by atoms with Crippen LogP contribution in [0.15, 0.2) is 0 Å². The Morgan fingerprint density at radius 3 is 2.71 bits per heavy atom. The monoisotopic (exact) mass is 196 g/mol. The van der Waals surface area contributed by atoms with Gasteiger partial charge in [-0.2, -0.15) is 0 Å². The molecule has 0 aromatic heterocycles. The molecule has 0 saturated heterocycles. The number of hydrogen-bond donors (Lipinski definition) is 2. The first kappa shape index (κ1) is 13.0. The first-order valence-electron chi connectivity index (χ1n) is 5.09. The number of carbonyl (C=O) groups is 1.